The Morgan fingerprint density at radius 1 is 1.09 bits per heavy atom. The van der Waals surface area contributed by atoms with E-state index in [9.17, 15) is 9.50 Å². The third-order valence-corrected chi connectivity index (χ3v) is 5.95. The Labute approximate surface area is 184 Å². The summed E-state index contributed by atoms with van der Waals surface area (Å²) in [7, 11) is 1.55. The fourth-order valence-electron chi connectivity index (χ4n) is 4.28. The summed E-state index contributed by atoms with van der Waals surface area (Å²) in [6.45, 7) is 2.02. The summed E-state index contributed by atoms with van der Waals surface area (Å²) in [5, 5.41) is 22.1. The number of phenolic OH excluding ortho intramolecular Hbond substituents is 1. The van der Waals surface area contributed by atoms with Crippen LogP contribution in [0.15, 0.2) is 60.8 Å². The number of ether oxygens (including phenoxy) is 2. The van der Waals surface area contributed by atoms with Crippen LogP contribution in [-0.4, -0.2) is 51.3 Å². The Morgan fingerprint density at radius 3 is 2.69 bits per heavy atom. The van der Waals surface area contributed by atoms with Gasteiger partial charge in [-0.1, -0.05) is 18.2 Å². The second-order valence-electron chi connectivity index (χ2n) is 8.33. The zero-order valence-electron chi connectivity index (χ0n) is 17.7. The third kappa shape index (κ3) is 3.78. The number of benzene rings is 1. The number of piperidine rings is 1. The number of fused-ring (bicyclic) bond motifs is 2. The van der Waals surface area contributed by atoms with Crippen LogP contribution in [0.2, 0.25) is 0 Å². The monoisotopic (exact) mass is 434 g/mol. The number of halogens is 1. The molecule has 1 saturated heterocycles. The van der Waals surface area contributed by atoms with Crippen LogP contribution in [0.4, 0.5) is 4.39 Å². The first-order valence-electron chi connectivity index (χ1n) is 10.4. The summed E-state index contributed by atoms with van der Waals surface area (Å²) in [6, 6.07) is 11.9. The van der Waals surface area contributed by atoms with Crippen LogP contribution in [0.3, 0.4) is 0 Å². The van der Waals surface area contributed by atoms with Crippen molar-refractivity contribution in [2.45, 2.75) is 37.2 Å². The molecule has 2 aromatic heterocycles. The lowest BCUT2D eigenvalue weighted by Crippen LogP contribution is -2.57. The van der Waals surface area contributed by atoms with Gasteiger partial charge in [-0.05, 0) is 42.3 Å². The van der Waals surface area contributed by atoms with Crippen molar-refractivity contribution in [1.82, 2.24) is 20.5 Å². The number of rotatable bonds is 5. The maximum absolute atomic E-state index is 14.7. The van der Waals surface area contributed by atoms with E-state index >= 15 is 0 Å². The quantitative estimate of drug-likeness (QED) is 0.592. The van der Waals surface area contributed by atoms with Crippen molar-refractivity contribution in [1.29, 1.82) is 0 Å². The minimum atomic E-state index is -1.16. The first-order chi connectivity index (χ1) is 15.4. The van der Waals surface area contributed by atoms with E-state index < -0.39 is 12.3 Å². The molecule has 32 heavy (non-hydrogen) atoms. The highest BCUT2D eigenvalue weighted by atomic mass is 19.1. The molecule has 0 aliphatic carbocycles. The fourth-order valence-corrected chi connectivity index (χ4v) is 4.28. The SMILES string of the molecule is COc1cc(-c2ccc(-c3ccc(O[C@@H]4C[C@@]5(C)C=CC(N5)[C@@H]4F)nn3)c(O)c2)ccn1. The summed E-state index contributed by atoms with van der Waals surface area (Å²) in [5.41, 5.74) is 2.45. The predicted octanol–water partition coefficient (Wildman–Crippen LogP) is 3.70. The van der Waals surface area contributed by atoms with Crippen LogP contribution in [0.1, 0.15) is 13.3 Å². The number of phenols is 1. The predicted molar refractivity (Wildman–Crippen MR) is 117 cm³/mol. The van der Waals surface area contributed by atoms with Gasteiger partial charge in [-0.2, -0.15) is 0 Å². The minimum absolute atomic E-state index is 0.0685. The first-order valence-corrected chi connectivity index (χ1v) is 10.4. The number of aromatic hydroxyl groups is 1. The van der Waals surface area contributed by atoms with Crippen LogP contribution in [0.25, 0.3) is 22.4 Å². The normalized spacial score (nSPS) is 26.2. The standard InChI is InChI=1S/C24H23FN4O3/c1-24-9-7-18(27-24)23(25)20(13-24)32-21-6-5-17(28-29-21)16-4-3-14(11-19(16)30)15-8-10-26-22(12-15)31-2/h3-12,18,20,23,27,30H,13H2,1-2H3/t18?,20-,23+,24-/m1/s1. The second kappa shape index (κ2) is 7.87. The van der Waals surface area contributed by atoms with E-state index in [1.807, 2.05) is 31.2 Å². The minimum Gasteiger partial charge on any atom is -0.507 e. The molecule has 3 aromatic rings. The average Bonchev–Trinajstić information content (AvgIpc) is 3.15. The van der Waals surface area contributed by atoms with Gasteiger partial charge >= 0.3 is 0 Å². The maximum atomic E-state index is 14.7. The van der Waals surface area contributed by atoms with Gasteiger partial charge in [0.05, 0.1) is 18.8 Å². The number of hydrogen-bond acceptors (Lipinski definition) is 7. The van der Waals surface area contributed by atoms with Gasteiger partial charge in [0, 0.05) is 35.9 Å². The van der Waals surface area contributed by atoms with Gasteiger partial charge in [-0.3, -0.25) is 5.32 Å². The largest absolute Gasteiger partial charge is 0.507 e. The number of pyridine rings is 1. The lowest BCUT2D eigenvalue weighted by Gasteiger charge is -2.38. The van der Waals surface area contributed by atoms with Crippen LogP contribution in [-0.2, 0) is 0 Å². The van der Waals surface area contributed by atoms with Gasteiger partial charge in [0.1, 0.15) is 11.9 Å². The summed E-state index contributed by atoms with van der Waals surface area (Å²) in [5.74, 6) is 0.819. The first kappa shape index (κ1) is 20.4. The zero-order valence-corrected chi connectivity index (χ0v) is 17.7. The van der Waals surface area contributed by atoms with E-state index in [1.54, 1.807) is 43.6 Å². The van der Waals surface area contributed by atoms with E-state index in [0.717, 1.165) is 11.1 Å². The van der Waals surface area contributed by atoms with Crippen LogP contribution in [0, 0.1) is 0 Å². The Balaban J connectivity index is 1.33. The van der Waals surface area contributed by atoms with Gasteiger partial charge < -0.3 is 14.6 Å². The molecule has 0 radical (unpaired) electrons. The number of hydrogen-bond donors (Lipinski definition) is 2. The molecule has 0 amide bonds. The van der Waals surface area contributed by atoms with Crippen LogP contribution >= 0.6 is 0 Å². The summed E-state index contributed by atoms with van der Waals surface area (Å²) in [4.78, 5) is 4.10. The molecule has 1 aromatic carbocycles. The van der Waals surface area contributed by atoms with E-state index in [-0.39, 0.29) is 23.2 Å². The molecule has 2 aliphatic heterocycles. The smallest absolute Gasteiger partial charge is 0.233 e. The summed E-state index contributed by atoms with van der Waals surface area (Å²) in [6.07, 6.45) is 4.24. The number of nitrogens with one attached hydrogen (secondary N) is 1. The van der Waals surface area contributed by atoms with Crippen molar-refractivity contribution in [3.8, 4) is 39.9 Å². The summed E-state index contributed by atoms with van der Waals surface area (Å²) < 4.78 is 25.7. The third-order valence-electron chi connectivity index (χ3n) is 5.95. The second-order valence-corrected chi connectivity index (χ2v) is 8.33. The van der Waals surface area contributed by atoms with E-state index in [1.165, 1.54) is 0 Å². The number of aromatic nitrogens is 3. The van der Waals surface area contributed by atoms with Crippen molar-refractivity contribution >= 4 is 0 Å². The topological polar surface area (TPSA) is 89.4 Å². The Morgan fingerprint density at radius 2 is 1.94 bits per heavy atom. The Hall–Kier alpha value is -3.52. The fraction of sp³-hybridized carbons (Fsp3) is 0.292. The highest BCUT2D eigenvalue weighted by Gasteiger charge is 2.46. The van der Waals surface area contributed by atoms with E-state index in [4.69, 9.17) is 9.47 Å². The highest BCUT2D eigenvalue weighted by Crippen LogP contribution is 2.35. The molecular formula is C24H23FN4O3. The zero-order chi connectivity index (χ0) is 22.3. The number of nitrogens with zero attached hydrogens (tertiary/aromatic N) is 3. The van der Waals surface area contributed by atoms with Crippen molar-refractivity contribution in [3.05, 3.63) is 60.8 Å². The molecule has 4 atom stereocenters. The molecular weight excluding hydrogens is 411 g/mol. The van der Waals surface area contributed by atoms with Crippen LogP contribution in [0.5, 0.6) is 17.5 Å². The molecule has 8 heteroatoms. The Kier molecular flexibility index (Phi) is 5.01. The van der Waals surface area contributed by atoms with Gasteiger partial charge in [-0.25, -0.2) is 9.37 Å². The van der Waals surface area contributed by atoms with Gasteiger partial charge in [0.2, 0.25) is 11.8 Å². The average molecular weight is 434 g/mol. The van der Waals surface area contributed by atoms with Gasteiger partial charge in [0.15, 0.2) is 6.17 Å². The molecule has 1 unspecified atom stereocenters. The molecule has 2 aliphatic rings. The van der Waals surface area contributed by atoms with E-state index in [2.05, 4.69) is 20.5 Å². The van der Waals surface area contributed by atoms with Crippen molar-refractivity contribution < 1.29 is 19.0 Å². The molecule has 0 saturated carbocycles. The molecule has 4 heterocycles. The highest BCUT2D eigenvalue weighted by molar-refractivity contribution is 5.74. The lowest BCUT2D eigenvalue weighted by molar-refractivity contribution is 0.0295. The molecule has 2 bridgehead atoms. The summed E-state index contributed by atoms with van der Waals surface area (Å²) >= 11 is 0. The molecule has 1 fully saturated rings. The van der Waals surface area contributed by atoms with Crippen molar-refractivity contribution in [2.75, 3.05) is 7.11 Å². The van der Waals surface area contributed by atoms with Crippen molar-refractivity contribution in [3.63, 3.8) is 0 Å². The number of alkyl halides is 1. The van der Waals surface area contributed by atoms with Crippen molar-refractivity contribution in [2.24, 2.45) is 0 Å². The van der Waals surface area contributed by atoms with Gasteiger partial charge in [-0.15, -0.1) is 10.2 Å². The van der Waals surface area contributed by atoms with E-state index in [0.29, 0.717) is 23.6 Å². The molecule has 5 rings (SSSR count). The maximum Gasteiger partial charge on any atom is 0.233 e. The van der Waals surface area contributed by atoms with Gasteiger partial charge in [0.25, 0.3) is 0 Å². The molecule has 2 N–H and O–H groups in total. The molecule has 7 nitrogen and oxygen atoms in total. The van der Waals surface area contributed by atoms with Crippen LogP contribution < -0.4 is 14.8 Å². The molecule has 164 valence electrons. The Bertz CT molecular complexity index is 1170. The lowest BCUT2D eigenvalue weighted by atomic mass is 9.90. The molecule has 0 spiro atoms. The number of methoxy groups -OCH3 is 1.